The second-order valence-corrected chi connectivity index (χ2v) is 22.7. The van der Waals surface area contributed by atoms with Crippen LogP contribution in [0.15, 0.2) is 58.1 Å². The van der Waals surface area contributed by atoms with Crippen molar-refractivity contribution >= 4 is 91.4 Å². The van der Waals surface area contributed by atoms with Crippen LogP contribution in [0.4, 0.5) is 43.3 Å². The van der Waals surface area contributed by atoms with E-state index in [-0.39, 0.29) is 35.8 Å². The van der Waals surface area contributed by atoms with Gasteiger partial charge in [0.1, 0.15) is 30.3 Å². The summed E-state index contributed by atoms with van der Waals surface area (Å²) in [5.74, 6) is -2.74. The van der Waals surface area contributed by atoms with Gasteiger partial charge in [0.05, 0.1) is 46.4 Å². The number of carbonyl (C=O) groups is 3. The molecule has 9 rings (SSSR count). The van der Waals surface area contributed by atoms with Gasteiger partial charge in [-0.25, -0.2) is 18.4 Å². The summed E-state index contributed by atoms with van der Waals surface area (Å²) in [5, 5.41) is 14.4. The van der Waals surface area contributed by atoms with Gasteiger partial charge < -0.3 is 34.6 Å². The number of nitrogens with zero attached hydrogens (tertiary/aromatic N) is 8. The Morgan fingerprint density at radius 3 is 2.28 bits per heavy atom. The first-order valence-corrected chi connectivity index (χ1v) is 26.5. The van der Waals surface area contributed by atoms with E-state index in [1.807, 2.05) is 21.9 Å². The number of anilines is 6. The number of ether oxygens (including phenoxy) is 1. The number of halogens is 3. The maximum absolute atomic E-state index is 15.3. The number of piperazine rings is 1. The van der Waals surface area contributed by atoms with Crippen LogP contribution in [0.3, 0.4) is 0 Å². The number of amides is 3. The minimum atomic E-state index is -2.91. The molecular weight excluding hydrogens is 975 g/mol. The lowest BCUT2D eigenvalue weighted by Crippen LogP contribution is -2.55. The molecule has 2 unspecified atom stereocenters. The Labute approximate surface area is 406 Å². The van der Waals surface area contributed by atoms with Crippen molar-refractivity contribution in [2.24, 2.45) is 13.0 Å². The number of methoxy groups -OCH3 is 1. The highest BCUT2D eigenvalue weighted by molar-refractivity contribution is 9.10. The largest absolute Gasteiger partial charge is 0.494 e. The highest BCUT2D eigenvalue weighted by Crippen LogP contribution is 2.42. The Morgan fingerprint density at radius 1 is 0.884 bits per heavy atom. The molecule has 4 saturated heterocycles. The Morgan fingerprint density at radius 2 is 1.59 bits per heavy atom. The predicted molar refractivity (Wildman–Crippen MR) is 265 cm³/mol. The zero-order valence-corrected chi connectivity index (χ0v) is 41.6. The fourth-order valence-corrected chi connectivity index (χ4v) is 12.1. The van der Waals surface area contributed by atoms with Crippen LogP contribution in [0.1, 0.15) is 49.1 Å². The Bertz CT molecular complexity index is 2950. The molecule has 6 heterocycles. The molecule has 5 aromatic rings. The molecule has 0 aliphatic carbocycles. The lowest BCUT2D eigenvalue weighted by molar-refractivity contribution is -0.137. The van der Waals surface area contributed by atoms with Crippen molar-refractivity contribution in [1.29, 1.82) is 0 Å². The van der Waals surface area contributed by atoms with E-state index in [2.05, 4.69) is 58.7 Å². The molecule has 364 valence electrons. The van der Waals surface area contributed by atoms with Gasteiger partial charge >= 0.3 is 0 Å². The average Bonchev–Trinajstić information content (AvgIpc) is 3.82. The summed E-state index contributed by atoms with van der Waals surface area (Å²) in [4.78, 5) is 68.4. The highest BCUT2D eigenvalue weighted by atomic mass is 79.9. The molecular formula is C48H55BrF2N11O6P. The topological polar surface area (TPSA) is 187 Å². The van der Waals surface area contributed by atoms with Crippen LogP contribution in [-0.2, 0) is 26.0 Å². The number of piperidine rings is 2. The number of hydrogen-bond acceptors (Lipinski definition) is 14. The number of nitrogens with one attached hydrogen (secondary N) is 3. The number of hydrogen-bond donors (Lipinski definition) is 3. The summed E-state index contributed by atoms with van der Waals surface area (Å²) in [5.41, 5.74) is 3.08. The van der Waals surface area contributed by atoms with Crippen LogP contribution >= 0.6 is 23.1 Å². The van der Waals surface area contributed by atoms with E-state index in [9.17, 15) is 23.7 Å². The molecule has 0 spiro atoms. The molecule has 4 fully saturated rings. The van der Waals surface area contributed by atoms with Crippen molar-refractivity contribution in [2.75, 3.05) is 93.2 Å². The molecule has 3 amide bonds. The lowest BCUT2D eigenvalue weighted by Gasteiger charge is -2.44. The number of fused-ring (bicyclic) bond motifs is 1. The first kappa shape index (κ1) is 48.1. The fourth-order valence-electron chi connectivity index (χ4n) is 10.3. The summed E-state index contributed by atoms with van der Waals surface area (Å²) in [6.45, 7) is 10.7. The summed E-state index contributed by atoms with van der Waals surface area (Å²) in [6, 6.07) is 10.3. The number of benzene rings is 3. The van der Waals surface area contributed by atoms with Crippen molar-refractivity contribution in [3.63, 3.8) is 0 Å². The van der Waals surface area contributed by atoms with E-state index in [1.54, 1.807) is 52.0 Å². The van der Waals surface area contributed by atoms with Crippen molar-refractivity contribution in [1.82, 2.24) is 34.9 Å². The molecule has 2 atom stereocenters. The third-order valence-corrected chi connectivity index (χ3v) is 16.0. The fraction of sp³-hybridized carbons (Fsp3) is 0.438. The summed E-state index contributed by atoms with van der Waals surface area (Å²) < 4.78 is 51.9. The van der Waals surface area contributed by atoms with Gasteiger partial charge in [-0.05, 0) is 97.8 Å². The highest BCUT2D eigenvalue weighted by Gasteiger charge is 2.37. The van der Waals surface area contributed by atoms with Crippen molar-refractivity contribution < 1.29 is 32.5 Å². The van der Waals surface area contributed by atoms with E-state index in [0.29, 0.717) is 93.8 Å². The Balaban J connectivity index is 0.789. The van der Waals surface area contributed by atoms with Crippen LogP contribution in [0.25, 0.3) is 10.8 Å². The van der Waals surface area contributed by atoms with E-state index >= 15 is 8.78 Å². The third kappa shape index (κ3) is 9.80. The first-order valence-electron chi connectivity index (χ1n) is 23.1. The molecule has 0 bridgehead atoms. The predicted octanol–water partition coefficient (Wildman–Crippen LogP) is 5.98. The molecule has 69 heavy (non-hydrogen) atoms. The maximum atomic E-state index is 15.3. The number of aryl methyl sites for hydroxylation is 2. The van der Waals surface area contributed by atoms with Gasteiger partial charge in [-0.2, -0.15) is 10.1 Å². The number of carbonyl (C=O) groups excluding carboxylic acids is 3. The van der Waals surface area contributed by atoms with Crippen LogP contribution in [0.2, 0.25) is 0 Å². The second kappa shape index (κ2) is 19.4. The van der Waals surface area contributed by atoms with Gasteiger partial charge in [-0.15, -0.1) is 0 Å². The molecule has 4 aliphatic rings. The minimum Gasteiger partial charge on any atom is -0.494 e. The molecule has 0 radical (unpaired) electrons. The van der Waals surface area contributed by atoms with E-state index in [4.69, 9.17) is 9.72 Å². The van der Waals surface area contributed by atoms with Gasteiger partial charge in [-0.1, -0.05) is 0 Å². The van der Waals surface area contributed by atoms with Gasteiger partial charge in [-0.3, -0.25) is 29.4 Å². The Hall–Kier alpha value is -5.98. The van der Waals surface area contributed by atoms with Gasteiger partial charge in [0.2, 0.25) is 23.7 Å². The molecule has 4 aliphatic heterocycles. The zero-order chi connectivity index (χ0) is 48.9. The van der Waals surface area contributed by atoms with Crippen LogP contribution < -0.4 is 41.4 Å². The molecule has 2 aromatic heterocycles. The van der Waals surface area contributed by atoms with Gasteiger partial charge in [0.15, 0.2) is 0 Å². The summed E-state index contributed by atoms with van der Waals surface area (Å²) >= 11 is 3.56. The SMILES string of the molecule is COc1cc(N2CCC(N3CCN(C(=O)C4CCN(c5cc(F)c(C6CCC(=O)NC6=O)c(F)c5)C4)CC3)CC2)c(C)cc1Nc1ncc(Br)c(Nc2ccc3c(=O)n(C)ncc3c2P(C)(C)=O)n1. The van der Waals surface area contributed by atoms with Crippen molar-refractivity contribution in [3.8, 4) is 5.75 Å². The first-order chi connectivity index (χ1) is 33.0. The number of rotatable bonds is 11. The normalized spacial score (nSPS) is 19.6. The standard InChI is InChI=1S/C48H55BrF2N11O6P/c1-27-20-38(55-48-52-25-34(49)44(57-48)54-37-8-6-31-33(43(37)69(4,5)67)24-53-58(2)47(31)66)40(68-3)23-39(27)60-14-11-29(12-15-60)59-16-18-61(19-17-59)46(65)28-10-13-62(26-28)30-21-35(50)42(36(51)22-30)32-7-9-41(63)56-45(32)64/h6,8,20-25,28-29,32H,7,9-19,26H2,1-5H3,(H,56,63,64)(H2,52,54,55,57). The summed E-state index contributed by atoms with van der Waals surface area (Å²) in [7, 11) is 0.287. The van der Waals surface area contributed by atoms with E-state index in [0.717, 1.165) is 50.3 Å². The number of aromatic nitrogens is 4. The number of imide groups is 1. The Kier molecular flexibility index (Phi) is 13.5. The molecule has 17 nitrogen and oxygen atoms in total. The second-order valence-electron chi connectivity index (χ2n) is 18.7. The summed E-state index contributed by atoms with van der Waals surface area (Å²) in [6.07, 6.45) is 5.76. The van der Waals surface area contributed by atoms with Gasteiger partial charge in [0, 0.05) is 112 Å². The van der Waals surface area contributed by atoms with Crippen LogP contribution in [0, 0.1) is 24.5 Å². The molecule has 3 N–H and O–H groups in total. The quantitative estimate of drug-likeness (QED) is 0.104. The minimum absolute atomic E-state index is 0.0214. The zero-order valence-electron chi connectivity index (χ0n) is 39.2. The van der Waals surface area contributed by atoms with E-state index < -0.39 is 36.5 Å². The van der Waals surface area contributed by atoms with Crippen molar-refractivity contribution in [2.45, 2.75) is 51.0 Å². The van der Waals surface area contributed by atoms with Gasteiger partial charge in [0.25, 0.3) is 5.56 Å². The van der Waals surface area contributed by atoms with E-state index in [1.165, 1.54) is 16.8 Å². The monoisotopic (exact) mass is 1030 g/mol. The van der Waals surface area contributed by atoms with Crippen LogP contribution in [0.5, 0.6) is 5.75 Å². The lowest BCUT2D eigenvalue weighted by atomic mass is 9.89. The third-order valence-electron chi connectivity index (χ3n) is 13.9. The molecule has 21 heteroatoms. The van der Waals surface area contributed by atoms with Crippen molar-refractivity contribution in [3.05, 3.63) is 86.4 Å². The molecule has 0 saturated carbocycles. The smallest absolute Gasteiger partial charge is 0.274 e. The van der Waals surface area contributed by atoms with Crippen LogP contribution in [-0.4, -0.2) is 126 Å². The molecule has 3 aromatic carbocycles. The maximum Gasteiger partial charge on any atom is 0.274 e. The average molecular weight is 1030 g/mol.